The van der Waals surface area contributed by atoms with E-state index in [0.29, 0.717) is 17.8 Å². The summed E-state index contributed by atoms with van der Waals surface area (Å²) in [6.07, 6.45) is 13.5. The topological polar surface area (TPSA) is 18.5 Å². The molecule has 0 heterocycles. The number of hydrogen-bond donors (Lipinski definition) is 0. The van der Waals surface area contributed by atoms with E-state index in [9.17, 15) is 0 Å². The second-order valence-corrected chi connectivity index (χ2v) is 7.98. The van der Waals surface area contributed by atoms with Gasteiger partial charge in [0.25, 0.3) is 0 Å². The Morgan fingerprint density at radius 2 is 1.84 bits per heavy atom. The molecule has 0 spiro atoms. The maximum absolute atomic E-state index is 5.53. The van der Waals surface area contributed by atoms with Crippen LogP contribution in [0.15, 0.2) is 42.2 Å². The first-order valence-corrected chi connectivity index (χ1v) is 9.83. The molecule has 3 aliphatic carbocycles. The van der Waals surface area contributed by atoms with Crippen LogP contribution in [0.1, 0.15) is 62.0 Å². The third-order valence-electron chi connectivity index (χ3n) is 6.90. The Morgan fingerprint density at radius 1 is 1.00 bits per heavy atom. The molecule has 1 fully saturated rings. The van der Waals surface area contributed by atoms with Gasteiger partial charge in [-0.2, -0.15) is 0 Å². The van der Waals surface area contributed by atoms with Gasteiger partial charge in [-0.05, 0) is 84.3 Å². The maximum Gasteiger partial charge on any atom is 0.119 e. The Bertz CT molecular complexity index is 687. The molecule has 0 bridgehead atoms. The first-order valence-electron chi connectivity index (χ1n) is 9.83. The van der Waals surface area contributed by atoms with Crippen molar-refractivity contribution < 1.29 is 9.47 Å². The van der Waals surface area contributed by atoms with Gasteiger partial charge in [0, 0.05) is 0 Å². The zero-order chi connectivity index (χ0) is 17.4. The molecule has 2 heteroatoms. The summed E-state index contributed by atoms with van der Waals surface area (Å²) in [5.41, 5.74) is 3.13. The molecule has 0 N–H and O–H groups in total. The van der Waals surface area contributed by atoms with E-state index in [1.807, 2.05) is 0 Å². The Morgan fingerprint density at radius 3 is 2.56 bits per heavy atom. The number of fused-ring (bicyclic) bond motifs is 3. The fourth-order valence-corrected chi connectivity index (χ4v) is 5.74. The summed E-state index contributed by atoms with van der Waals surface area (Å²) in [6.45, 7) is 2.45. The Labute approximate surface area is 151 Å². The van der Waals surface area contributed by atoms with Crippen LogP contribution in [0, 0.1) is 17.8 Å². The first kappa shape index (κ1) is 16.8. The van der Waals surface area contributed by atoms with Crippen molar-refractivity contribution in [1.29, 1.82) is 0 Å². The van der Waals surface area contributed by atoms with Gasteiger partial charge in [0.15, 0.2) is 0 Å². The summed E-state index contributed by atoms with van der Waals surface area (Å²) < 4.78 is 10.9. The Hall–Kier alpha value is -1.70. The molecule has 0 aromatic heterocycles. The van der Waals surface area contributed by atoms with Crippen LogP contribution in [-0.4, -0.2) is 14.2 Å². The second-order valence-electron chi connectivity index (χ2n) is 7.98. The minimum atomic E-state index is 0.604. The zero-order valence-corrected chi connectivity index (χ0v) is 15.7. The van der Waals surface area contributed by atoms with Gasteiger partial charge in [0.2, 0.25) is 0 Å². The minimum Gasteiger partial charge on any atom is -0.497 e. The standard InChI is InChI=1S/C23H30O2/c1-15-19-13-12-18(25-3)14-22(19)20-6-4-5-7-21(20)23(15)16-8-10-17(24-2)11-9-16/h8,10-16,20-21,23H,4-7,9H2,1-3H3/t15-,16?,20+,21-,23-/m0/s1. The van der Waals surface area contributed by atoms with Crippen molar-refractivity contribution in [2.24, 2.45) is 17.8 Å². The van der Waals surface area contributed by atoms with E-state index < -0.39 is 0 Å². The number of ether oxygens (including phenoxy) is 2. The average Bonchev–Trinajstić information content (AvgIpc) is 2.68. The molecule has 0 amide bonds. The largest absolute Gasteiger partial charge is 0.497 e. The molecule has 25 heavy (non-hydrogen) atoms. The van der Waals surface area contributed by atoms with Crippen molar-refractivity contribution in [3.63, 3.8) is 0 Å². The van der Waals surface area contributed by atoms with Crippen LogP contribution in [0.5, 0.6) is 5.75 Å². The summed E-state index contributed by atoms with van der Waals surface area (Å²) in [4.78, 5) is 0. The molecule has 1 aromatic carbocycles. The van der Waals surface area contributed by atoms with E-state index in [1.54, 1.807) is 25.3 Å². The van der Waals surface area contributed by atoms with Crippen LogP contribution >= 0.6 is 0 Å². The van der Waals surface area contributed by atoms with E-state index in [1.165, 1.54) is 25.7 Å². The van der Waals surface area contributed by atoms with Gasteiger partial charge in [-0.3, -0.25) is 0 Å². The van der Waals surface area contributed by atoms with E-state index in [-0.39, 0.29) is 0 Å². The lowest BCUT2D eigenvalue weighted by Gasteiger charge is -2.48. The molecule has 3 aliphatic rings. The molecule has 0 aliphatic heterocycles. The highest BCUT2D eigenvalue weighted by Gasteiger charge is 2.44. The van der Waals surface area contributed by atoms with E-state index >= 15 is 0 Å². The summed E-state index contributed by atoms with van der Waals surface area (Å²) in [5, 5.41) is 0. The molecule has 1 aromatic rings. The summed E-state index contributed by atoms with van der Waals surface area (Å²) in [6, 6.07) is 6.81. The number of allylic oxidation sites excluding steroid dienone is 3. The van der Waals surface area contributed by atoms with Gasteiger partial charge < -0.3 is 9.47 Å². The fourth-order valence-electron chi connectivity index (χ4n) is 5.74. The van der Waals surface area contributed by atoms with Crippen molar-refractivity contribution >= 4 is 0 Å². The van der Waals surface area contributed by atoms with Crippen LogP contribution in [0.2, 0.25) is 0 Å². The van der Waals surface area contributed by atoms with Crippen molar-refractivity contribution in [3.05, 3.63) is 53.3 Å². The molecule has 0 saturated heterocycles. The van der Waals surface area contributed by atoms with Gasteiger partial charge in [0.05, 0.1) is 14.2 Å². The summed E-state index contributed by atoms with van der Waals surface area (Å²) >= 11 is 0. The Kier molecular flexibility index (Phi) is 4.62. The van der Waals surface area contributed by atoms with Crippen LogP contribution in [0.25, 0.3) is 0 Å². The highest BCUT2D eigenvalue weighted by atomic mass is 16.5. The minimum absolute atomic E-state index is 0.604. The van der Waals surface area contributed by atoms with Crippen LogP contribution < -0.4 is 4.74 Å². The molecule has 1 saturated carbocycles. The molecule has 1 unspecified atom stereocenters. The smallest absolute Gasteiger partial charge is 0.119 e. The average molecular weight is 338 g/mol. The van der Waals surface area contributed by atoms with Crippen LogP contribution in [0.4, 0.5) is 0 Å². The van der Waals surface area contributed by atoms with E-state index in [4.69, 9.17) is 9.47 Å². The number of hydrogen-bond acceptors (Lipinski definition) is 2. The van der Waals surface area contributed by atoms with Crippen molar-refractivity contribution in [3.8, 4) is 5.75 Å². The van der Waals surface area contributed by atoms with Crippen molar-refractivity contribution in [1.82, 2.24) is 0 Å². The number of rotatable bonds is 3. The summed E-state index contributed by atoms with van der Waals surface area (Å²) in [5.74, 6) is 5.51. The summed E-state index contributed by atoms with van der Waals surface area (Å²) in [7, 11) is 3.54. The van der Waals surface area contributed by atoms with E-state index in [2.05, 4.69) is 43.4 Å². The molecule has 134 valence electrons. The highest BCUT2D eigenvalue weighted by Crippen LogP contribution is 2.56. The van der Waals surface area contributed by atoms with Crippen LogP contribution in [-0.2, 0) is 4.74 Å². The van der Waals surface area contributed by atoms with Gasteiger partial charge in [0.1, 0.15) is 11.5 Å². The predicted molar refractivity (Wildman–Crippen MR) is 102 cm³/mol. The van der Waals surface area contributed by atoms with Crippen molar-refractivity contribution in [2.75, 3.05) is 14.2 Å². The SMILES string of the molecule is COC1=CCC([C@H]2[C@H]3CCCC[C@H]3c3cc(OC)ccc3[C@@H]2C)C=C1. The van der Waals surface area contributed by atoms with Gasteiger partial charge in [-0.15, -0.1) is 0 Å². The van der Waals surface area contributed by atoms with Crippen molar-refractivity contribution in [2.45, 2.75) is 50.9 Å². The number of methoxy groups -OCH3 is 2. The molecule has 0 radical (unpaired) electrons. The molecule has 5 atom stereocenters. The van der Waals surface area contributed by atoms with Gasteiger partial charge >= 0.3 is 0 Å². The lowest BCUT2D eigenvalue weighted by Crippen LogP contribution is -2.38. The third kappa shape index (κ3) is 2.90. The molecular weight excluding hydrogens is 308 g/mol. The lowest BCUT2D eigenvalue weighted by atomic mass is 9.56. The fraction of sp³-hybridized carbons (Fsp3) is 0.565. The second kappa shape index (κ2) is 6.90. The zero-order valence-electron chi connectivity index (χ0n) is 15.7. The van der Waals surface area contributed by atoms with E-state index in [0.717, 1.165) is 29.8 Å². The molecule has 4 rings (SSSR count). The van der Waals surface area contributed by atoms with Gasteiger partial charge in [-0.1, -0.05) is 31.9 Å². The monoisotopic (exact) mass is 338 g/mol. The number of benzene rings is 1. The lowest BCUT2D eigenvalue weighted by molar-refractivity contribution is 0.132. The Balaban J connectivity index is 1.70. The van der Waals surface area contributed by atoms with Crippen LogP contribution in [0.3, 0.4) is 0 Å². The first-order chi connectivity index (χ1) is 12.2. The van der Waals surface area contributed by atoms with Gasteiger partial charge in [-0.25, -0.2) is 0 Å². The quantitative estimate of drug-likeness (QED) is 0.692. The predicted octanol–water partition coefficient (Wildman–Crippen LogP) is 5.81. The maximum atomic E-state index is 5.53. The third-order valence-corrected chi connectivity index (χ3v) is 6.90. The molecular formula is C23H30O2. The highest BCUT2D eigenvalue weighted by molar-refractivity contribution is 5.43. The molecule has 2 nitrogen and oxygen atoms in total. The normalized spacial score (nSPS) is 33.9.